The van der Waals surface area contributed by atoms with Crippen molar-refractivity contribution < 1.29 is 14.3 Å². The minimum atomic E-state index is -0.356. The highest BCUT2D eigenvalue weighted by Gasteiger charge is 2.30. The first-order valence-electron chi connectivity index (χ1n) is 10.4. The first-order chi connectivity index (χ1) is 14.5. The van der Waals surface area contributed by atoms with Crippen LogP contribution in [0.1, 0.15) is 54.7 Å². The van der Waals surface area contributed by atoms with E-state index in [1.54, 1.807) is 16.9 Å². The first-order valence-corrected chi connectivity index (χ1v) is 10.4. The number of nitrogens with zero attached hydrogens (tertiary/aromatic N) is 4. The fourth-order valence-corrected chi connectivity index (χ4v) is 3.54. The van der Waals surface area contributed by atoms with Gasteiger partial charge in [0.2, 0.25) is 0 Å². The predicted octanol–water partition coefficient (Wildman–Crippen LogP) is 2.19. The molecule has 2 amide bonds. The molecule has 3 N–H and O–H groups in total. The zero-order valence-corrected chi connectivity index (χ0v) is 17.9. The van der Waals surface area contributed by atoms with E-state index in [9.17, 15) is 9.59 Å². The summed E-state index contributed by atoms with van der Waals surface area (Å²) in [6.45, 7) is 4.03. The van der Waals surface area contributed by atoms with Crippen molar-refractivity contribution in [1.29, 1.82) is 0 Å². The number of H-pyrrole nitrogens is 1. The highest BCUT2D eigenvalue weighted by Crippen LogP contribution is 2.35. The number of ether oxygens (including phenoxy) is 1. The lowest BCUT2D eigenvalue weighted by atomic mass is 10.0. The number of aromatic nitrogens is 4. The molecule has 1 aliphatic rings. The smallest absolute Gasteiger partial charge is 0.407 e. The maximum absolute atomic E-state index is 12.6. The van der Waals surface area contributed by atoms with Crippen LogP contribution in [-0.2, 0) is 11.3 Å². The minimum Gasteiger partial charge on any atom is -0.446 e. The third-order valence-electron chi connectivity index (χ3n) is 5.16. The Bertz CT molecular complexity index is 845. The summed E-state index contributed by atoms with van der Waals surface area (Å²) in [7, 11) is 3.95. The van der Waals surface area contributed by atoms with E-state index in [1.165, 1.54) is 0 Å². The molecule has 0 radical (unpaired) electrons. The molecule has 0 aliphatic heterocycles. The van der Waals surface area contributed by atoms with Gasteiger partial charge in [-0.3, -0.25) is 14.6 Å². The number of likely N-dealkylation sites (N-methyl/N-ethyl adjacent to an activating group) is 1. The summed E-state index contributed by atoms with van der Waals surface area (Å²) in [4.78, 5) is 26.4. The first kappa shape index (κ1) is 21.8. The average Bonchev–Trinajstić information content (AvgIpc) is 3.45. The molecular weight excluding hydrogens is 386 g/mol. The van der Waals surface area contributed by atoms with Gasteiger partial charge in [-0.25, -0.2) is 4.79 Å². The van der Waals surface area contributed by atoms with Crippen LogP contribution < -0.4 is 10.6 Å². The highest BCUT2D eigenvalue weighted by molar-refractivity contribution is 6.02. The quantitative estimate of drug-likeness (QED) is 0.576. The van der Waals surface area contributed by atoms with Gasteiger partial charge >= 0.3 is 6.09 Å². The number of hydrogen-bond donors (Lipinski definition) is 3. The molecule has 0 spiro atoms. The lowest BCUT2D eigenvalue weighted by molar-refractivity contribution is 0.0996. The van der Waals surface area contributed by atoms with E-state index in [0.717, 1.165) is 37.9 Å². The fraction of sp³-hybridized carbons (Fsp3) is 0.600. The second-order valence-corrected chi connectivity index (χ2v) is 7.87. The number of amides is 2. The summed E-state index contributed by atoms with van der Waals surface area (Å²) in [5, 5.41) is 17.0. The van der Waals surface area contributed by atoms with Crippen LogP contribution in [0.3, 0.4) is 0 Å². The number of rotatable bonds is 9. The summed E-state index contributed by atoms with van der Waals surface area (Å²) in [6, 6.07) is 3.55. The summed E-state index contributed by atoms with van der Waals surface area (Å²) < 4.78 is 7.16. The standard InChI is InChI=1S/C20H31N7O3/c1-4-8-21-20(29)30-15-6-5-14(12-15)16-13-18(25-24-16)23-19(28)17-7-9-22-27(17)11-10-26(2)3/h7,9,13-15H,4-6,8,10-12H2,1-3H3,(H,21,29)(H2,23,24,25,28). The van der Waals surface area contributed by atoms with Gasteiger partial charge < -0.3 is 20.3 Å². The lowest BCUT2D eigenvalue weighted by Gasteiger charge is -2.12. The van der Waals surface area contributed by atoms with Gasteiger partial charge in [0.05, 0.1) is 6.54 Å². The molecule has 0 bridgehead atoms. The van der Waals surface area contributed by atoms with Crippen LogP contribution in [-0.4, -0.2) is 70.2 Å². The van der Waals surface area contributed by atoms with Gasteiger partial charge in [0.1, 0.15) is 11.8 Å². The van der Waals surface area contributed by atoms with Crippen molar-refractivity contribution in [1.82, 2.24) is 30.2 Å². The van der Waals surface area contributed by atoms with Crippen LogP contribution in [0.25, 0.3) is 0 Å². The third-order valence-corrected chi connectivity index (χ3v) is 5.16. The number of alkyl carbamates (subject to hydrolysis) is 1. The van der Waals surface area contributed by atoms with Crippen molar-refractivity contribution >= 4 is 17.8 Å². The molecule has 2 aromatic rings. The van der Waals surface area contributed by atoms with E-state index < -0.39 is 0 Å². The molecule has 2 unspecified atom stereocenters. The summed E-state index contributed by atoms with van der Waals surface area (Å²) in [6.07, 6.45) is 4.50. The van der Waals surface area contributed by atoms with Crippen LogP contribution in [0.4, 0.5) is 10.6 Å². The molecular formula is C20H31N7O3. The number of hydrogen-bond acceptors (Lipinski definition) is 6. The third kappa shape index (κ3) is 5.82. The van der Waals surface area contributed by atoms with Gasteiger partial charge in [0.15, 0.2) is 5.82 Å². The molecule has 0 saturated heterocycles. The Morgan fingerprint density at radius 2 is 2.20 bits per heavy atom. The molecule has 2 heterocycles. The number of aromatic amines is 1. The van der Waals surface area contributed by atoms with Gasteiger partial charge in [-0.2, -0.15) is 10.2 Å². The fourth-order valence-electron chi connectivity index (χ4n) is 3.54. The van der Waals surface area contributed by atoms with Gasteiger partial charge in [-0.1, -0.05) is 6.92 Å². The summed E-state index contributed by atoms with van der Waals surface area (Å²) >= 11 is 0. The maximum atomic E-state index is 12.6. The van der Waals surface area contributed by atoms with Gasteiger partial charge in [-0.15, -0.1) is 0 Å². The lowest BCUT2D eigenvalue weighted by Crippen LogP contribution is -2.28. The number of anilines is 1. The second kappa shape index (κ2) is 10.2. The molecule has 164 valence electrons. The van der Waals surface area contributed by atoms with Crippen LogP contribution in [0, 0.1) is 0 Å². The van der Waals surface area contributed by atoms with E-state index in [2.05, 4.69) is 25.9 Å². The Morgan fingerprint density at radius 1 is 1.37 bits per heavy atom. The monoisotopic (exact) mass is 417 g/mol. The molecule has 10 heteroatoms. The zero-order chi connectivity index (χ0) is 21.5. The Hall–Kier alpha value is -2.88. The van der Waals surface area contributed by atoms with Gasteiger partial charge in [0.25, 0.3) is 5.91 Å². The molecule has 1 aliphatic carbocycles. The molecule has 2 atom stereocenters. The number of carbonyl (C=O) groups is 2. The molecule has 2 aromatic heterocycles. The van der Waals surface area contributed by atoms with Gasteiger partial charge in [-0.05, 0) is 45.8 Å². The maximum Gasteiger partial charge on any atom is 0.407 e. The Kier molecular flexibility index (Phi) is 7.45. The van der Waals surface area contributed by atoms with E-state index in [-0.39, 0.29) is 24.0 Å². The second-order valence-electron chi connectivity index (χ2n) is 7.87. The van der Waals surface area contributed by atoms with Crippen molar-refractivity contribution in [3.8, 4) is 0 Å². The van der Waals surface area contributed by atoms with Crippen LogP contribution >= 0.6 is 0 Å². The van der Waals surface area contributed by atoms with E-state index in [1.807, 2.05) is 32.0 Å². The van der Waals surface area contributed by atoms with Crippen LogP contribution in [0.5, 0.6) is 0 Å². The van der Waals surface area contributed by atoms with E-state index in [0.29, 0.717) is 24.6 Å². The van der Waals surface area contributed by atoms with Crippen molar-refractivity contribution in [2.45, 2.75) is 51.2 Å². The van der Waals surface area contributed by atoms with Gasteiger partial charge in [0, 0.05) is 37.0 Å². The molecule has 10 nitrogen and oxygen atoms in total. The Morgan fingerprint density at radius 3 is 2.97 bits per heavy atom. The summed E-state index contributed by atoms with van der Waals surface area (Å²) in [5.41, 5.74) is 1.43. The number of nitrogens with one attached hydrogen (secondary N) is 3. The average molecular weight is 418 g/mol. The molecule has 30 heavy (non-hydrogen) atoms. The Balaban J connectivity index is 1.53. The predicted molar refractivity (Wildman–Crippen MR) is 112 cm³/mol. The van der Waals surface area contributed by atoms with Crippen molar-refractivity contribution in [3.63, 3.8) is 0 Å². The normalized spacial score (nSPS) is 18.5. The molecule has 1 fully saturated rings. The molecule has 3 rings (SSSR count). The zero-order valence-electron chi connectivity index (χ0n) is 17.9. The molecule has 0 aromatic carbocycles. The minimum absolute atomic E-state index is 0.0979. The van der Waals surface area contributed by atoms with Crippen molar-refractivity contribution in [2.75, 3.05) is 32.5 Å². The topological polar surface area (TPSA) is 117 Å². The number of carbonyl (C=O) groups excluding carboxylic acids is 2. The Labute approximate surface area is 176 Å². The largest absolute Gasteiger partial charge is 0.446 e. The molecule has 1 saturated carbocycles. The van der Waals surface area contributed by atoms with Crippen LogP contribution in [0.15, 0.2) is 18.3 Å². The van der Waals surface area contributed by atoms with Crippen molar-refractivity contribution in [2.24, 2.45) is 0 Å². The van der Waals surface area contributed by atoms with E-state index in [4.69, 9.17) is 4.74 Å². The SMILES string of the molecule is CCCNC(=O)OC1CCC(c2cc(NC(=O)c3ccnn3CCN(C)C)n[nH]2)C1. The van der Waals surface area contributed by atoms with Crippen molar-refractivity contribution in [3.05, 3.63) is 29.7 Å². The van der Waals surface area contributed by atoms with Crippen LogP contribution in [0.2, 0.25) is 0 Å². The highest BCUT2D eigenvalue weighted by atomic mass is 16.6. The summed E-state index contributed by atoms with van der Waals surface area (Å²) in [5.74, 6) is 0.447. The van der Waals surface area contributed by atoms with E-state index >= 15 is 0 Å².